The van der Waals surface area contributed by atoms with E-state index in [1.165, 1.54) is 0 Å². The first-order chi connectivity index (χ1) is 21.2. The number of carbonyl (C=O) groups is 2. The van der Waals surface area contributed by atoms with Gasteiger partial charge in [0.05, 0.1) is 6.61 Å². The van der Waals surface area contributed by atoms with Gasteiger partial charge in [-0.15, -0.1) is 0 Å². The van der Waals surface area contributed by atoms with Crippen molar-refractivity contribution in [3.8, 4) is 11.3 Å². The van der Waals surface area contributed by atoms with Crippen molar-refractivity contribution < 1.29 is 14.3 Å². The summed E-state index contributed by atoms with van der Waals surface area (Å²) in [6, 6.07) is 22.3. The van der Waals surface area contributed by atoms with E-state index in [0.717, 1.165) is 38.9 Å². The maximum atomic E-state index is 14.4. The van der Waals surface area contributed by atoms with Crippen LogP contribution in [0.25, 0.3) is 22.0 Å². The lowest BCUT2D eigenvalue weighted by Crippen LogP contribution is -2.35. The fourth-order valence-corrected chi connectivity index (χ4v) is 5.95. The van der Waals surface area contributed by atoms with Crippen molar-refractivity contribution in [2.45, 2.75) is 32.4 Å². The van der Waals surface area contributed by atoms with E-state index >= 15 is 0 Å². The number of nitrogens with one attached hydrogen (secondary N) is 3. The molecule has 2 aromatic heterocycles. The molecule has 0 fully saturated rings. The molecule has 0 saturated carbocycles. The number of hydrogen-bond acceptors (Lipinski definition) is 5. The van der Waals surface area contributed by atoms with Crippen molar-refractivity contribution in [2.75, 3.05) is 24.3 Å². The van der Waals surface area contributed by atoms with Crippen molar-refractivity contribution in [2.24, 2.45) is 7.05 Å². The van der Waals surface area contributed by atoms with Gasteiger partial charge in [0.2, 0.25) is 5.91 Å². The zero-order chi connectivity index (χ0) is 31.0. The minimum absolute atomic E-state index is 0.0602. The molecule has 0 unspecified atom stereocenters. The number of amides is 2. The third-order valence-corrected chi connectivity index (χ3v) is 8.31. The fraction of sp³-hybridized carbons (Fsp3) is 0.229. The molecule has 2 aliphatic heterocycles. The van der Waals surface area contributed by atoms with Crippen molar-refractivity contribution in [1.29, 1.82) is 0 Å². The highest BCUT2D eigenvalue weighted by Gasteiger charge is 2.27. The molecule has 0 aliphatic carbocycles. The van der Waals surface area contributed by atoms with Crippen LogP contribution < -0.4 is 16.2 Å². The van der Waals surface area contributed by atoms with Crippen LogP contribution in [0, 0.1) is 6.92 Å². The summed E-state index contributed by atoms with van der Waals surface area (Å²) in [5.41, 5.74) is 6.66. The topological polar surface area (TPSA) is 108 Å². The number of likely N-dealkylation sites (N-methyl/N-ethyl adjacent to an activating group) is 1. The van der Waals surface area contributed by atoms with Crippen molar-refractivity contribution in [3.63, 3.8) is 0 Å². The Bertz CT molecular complexity index is 1940. The predicted octanol–water partition coefficient (Wildman–Crippen LogP) is 6.32. The molecule has 0 spiro atoms. The number of ether oxygens (including phenoxy) is 1. The molecule has 3 N–H and O–H groups in total. The van der Waals surface area contributed by atoms with E-state index in [4.69, 9.17) is 4.74 Å². The molecule has 0 radical (unpaired) electrons. The van der Waals surface area contributed by atoms with E-state index in [2.05, 4.69) is 15.6 Å². The molecular weight excluding hydrogens is 554 g/mol. The second kappa shape index (κ2) is 11.8. The van der Waals surface area contributed by atoms with E-state index in [1.807, 2.05) is 98.4 Å². The molecule has 3 aromatic carbocycles. The highest BCUT2D eigenvalue weighted by molar-refractivity contribution is 5.89. The lowest BCUT2D eigenvalue weighted by atomic mass is 9.92. The van der Waals surface area contributed by atoms with Crippen LogP contribution in [0.5, 0.6) is 0 Å². The van der Waals surface area contributed by atoms with Gasteiger partial charge in [-0.25, -0.2) is 4.79 Å². The molecule has 2 amide bonds. The number of aryl methyl sites for hydroxylation is 2. The predicted molar refractivity (Wildman–Crippen MR) is 173 cm³/mol. The van der Waals surface area contributed by atoms with Crippen LogP contribution >= 0.6 is 0 Å². The van der Waals surface area contributed by atoms with E-state index in [0.29, 0.717) is 16.8 Å². The second-order valence-electron chi connectivity index (χ2n) is 11.5. The first kappa shape index (κ1) is 28.8. The minimum atomic E-state index is -0.728. The minimum Gasteiger partial charge on any atom is -0.449 e. The van der Waals surface area contributed by atoms with E-state index in [1.54, 1.807) is 24.2 Å². The van der Waals surface area contributed by atoms with Crippen molar-refractivity contribution in [1.82, 2.24) is 14.5 Å². The molecule has 5 aromatic rings. The van der Waals surface area contributed by atoms with Gasteiger partial charge in [-0.3, -0.25) is 14.9 Å². The third kappa shape index (κ3) is 5.68. The van der Waals surface area contributed by atoms with Crippen LogP contribution in [0.4, 0.5) is 16.2 Å². The number of nitrogens with zero attached hydrogens (tertiary/aromatic N) is 2. The first-order valence-electron chi connectivity index (χ1n) is 14.6. The molecule has 9 heteroatoms. The second-order valence-corrected chi connectivity index (χ2v) is 11.5. The van der Waals surface area contributed by atoms with Crippen LogP contribution in [-0.2, 0) is 23.1 Å². The molecule has 44 heavy (non-hydrogen) atoms. The average molecular weight is 590 g/mol. The normalized spacial score (nSPS) is 17.4. The molecule has 4 heterocycles. The summed E-state index contributed by atoms with van der Waals surface area (Å²) in [4.78, 5) is 44.0. The maximum absolute atomic E-state index is 14.4. The Balaban J connectivity index is 1.44. The van der Waals surface area contributed by atoms with Gasteiger partial charge in [0.1, 0.15) is 6.04 Å². The van der Waals surface area contributed by atoms with Gasteiger partial charge in [-0.05, 0) is 77.0 Å². The van der Waals surface area contributed by atoms with Crippen molar-refractivity contribution >= 4 is 34.1 Å². The largest absolute Gasteiger partial charge is 0.449 e. The Morgan fingerprint density at radius 2 is 1.80 bits per heavy atom. The zero-order valence-electron chi connectivity index (χ0n) is 25.2. The molecular formula is C35H35N5O4. The number of H-pyrrole nitrogens is 1. The zero-order valence-corrected chi connectivity index (χ0v) is 25.2. The molecule has 224 valence electrons. The number of carbonyl (C=O) groups excluding carboxylic acids is 2. The van der Waals surface area contributed by atoms with E-state index < -0.39 is 12.1 Å². The SMILES string of the molecule is Cc1cc2ccc1[C@@H](C)COC(=O)Nc1ccc(-c3cccn3C)c(c1)CN(C)C(=O)[C@@H]2Nc1ccc2cc[nH]c(=O)c2c1. The van der Waals surface area contributed by atoms with Gasteiger partial charge in [0, 0.05) is 67.0 Å². The Morgan fingerprint density at radius 1 is 0.955 bits per heavy atom. The molecule has 7 rings (SSSR count). The van der Waals surface area contributed by atoms with E-state index in [-0.39, 0.29) is 30.5 Å². The maximum Gasteiger partial charge on any atom is 0.411 e. The van der Waals surface area contributed by atoms with Gasteiger partial charge in [0.25, 0.3) is 5.56 Å². The highest BCUT2D eigenvalue weighted by Crippen LogP contribution is 2.31. The molecule has 4 bridgehead atoms. The van der Waals surface area contributed by atoms with Crippen LogP contribution in [0.15, 0.2) is 90.0 Å². The number of hydrogen-bond donors (Lipinski definition) is 3. The first-order valence-corrected chi connectivity index (χ1v) is 14.6. The standard InChI is InChI=1S/C35H35N5O4/c1-21-16-24-8-11-28(21)22(2)20-44-35(43)38-26-10-12-29(31-6-5-15-39(31)3)25(17-26)19-40(4)34(42)32(24)37-27-9-7-23-13-14-36-33(41)30(23)18-27/h5-18,22,32,37H,19-20H2,1-4H3,(H,36,41)(H,38,43)/t22-,32+/m0/s1. The van der Waals surface area contributed by atoms with Crippen LogP contribution in [0.2, 0.25) is 0 Å². The molecule has 2 atom stereocenters. The summed E-state index contributed by atoms with van der Waals surface area (Å²) in [5, 5.41) is 7.64. The number of anilines is 2. The summed E-state index contributed by atoms with van der Waals surface area (Å²) in [5.74, 6) is -0.204. The Kier molecular flexibility index (Phi) is 7.69. The lowest BCUT2D eigenvalue weighted by Gasteiger charge is -2.28. The Morgan fingerprint density at radius 3 is 2.57 bits per heavy atom. The summed E-state index contributed by atoms with van der Waals surface area (Å²) in [6.45, 7) is 4.49. The number of rotatable bonds is 3. The number of aromatic amines is 1. The highest BCUT2D eigenvalue weighted by atomic mass is 16.5. The summed E-state index contributed by atoms with van der Waals surface area (Å²) < 4.78 is 7.63. The number of pyridine rings is 1. The van der Waals surface area contributed by atoms with Crippen LogP contribution in [0.3, 0.4) is 0 Å². The summed E-state index contributed by atoms with van der Waals surface area (Å²) in [7, 11) is 3.75. The van der Waals surface area contributed by atoms with Crippen molar-refractivity contribution in [3.05, 3.63) is 118 Å². The number of aromatic nitrogens is 2. The molecule has 9 nitrogen and oxygen atoms in total. The van der Waals surface area contributed by atoms with Crippen LogP contribution in [0.1, 0.15) is 41.1 Å². The number of benzene rings is 3. The summed E-state index contributed by atoms with van der Waals surface area (Å²) in [6.07, 6.45) is 3.06. The fourth-order valence-electron chi connectivity index (χ4n) is 5.95. The van der Waals surface area contributed by atoms with Gasteiger partial charge >= 0.3 is 6.09 Å². The van der Waals surface area contributed by atoms with Crippen LogP contribution in [-0.4, -0.2) is 40.1 Å². The quantitative estimate of drug-likeness (QED) is 0.228. The van der Waals surface area contributed by atoms with E-state index in [9.17, 15) is 14.4 Å². The molecule has 2 aliphatic rings. The van der Waals surface area contributed by atoms with Gasteiger partial charge in [-0.2, -0.15) is 0 Å². The third-order valence-electron chi connectivity index (χ3n) is 8.31. The monoisotopic (exact) mass is 589 g/mol. The molecule has 0 saturated heterocycles. The smallest absolute Gasteiger partial charge is 0.411 e. The number of fused-ring (bicyclic) bond motifs is 10. The van der Waals surface area contributed by atoms with Gasteiger partial charge in [0.15, 0.2) is 0 Å². The van der Waals surface area contributed by atoms with Gasteiger partial charge in [-0.1, -0.05) is 37.3 Å². The Labute approximate surface area is 255 Å². The lowest BCUT2D eigenvalue weighted by molar-refractivity contribution is -0.131. The average Bonchev–Trinajstić information content (AvgIpc) is 3.43. The summed E-state index contributed by atoms with van der Waals surface area (Å²) >= 11 is 0. The Hall–Kier alpha value is -5.31. The van der Waals surface area contributed by atoms with Gasteiger partial charge < -0.3 is 24.5 Å².